The van der Waals surface area contributed by atoms with Crippen LogP contribution in [0.2, 0.25) is 0 Å². The van der Waals surface area contributed by atoms with Crippen LogP contribution in [0, 0.1) is 5.92 Å². The van der Waals surface area contributed by atoms with Gasteiger partial charge in [0, 0.05) is 0 Å². The van der Waals surface area contributed by atoms with E-state index in [1.165, 1.54) is 25.7 Å². The smallest absolute Gasteiger partial charge is 0.330 e. The Balaban J connectivity index is 0. The molecule has 0 radical (unpaired) electrons. The van der Waals surface area contributed by atoms with Gasteiger partial charge in [0.25, 0.3) is 0 Å². The van der Waals surface area contributed by atoms with E-state index in [0.29, 0.717) is 0 Å². The average Bonchev–Trinajstić information content (AvgIpc) is 2.04. The fourth-order valence-electron chi connectivity index (χ4n) is 0.981. The summed E-state index contributed by atoms with van der Waals surface area (Å²) in [5, 5.41) is 0. The van der Waals surface area contributed by atoms with Gasteiger partial charge in [0.15, 0.2) is 0 Å². The van der Waals surface area contributed by atoms with Crippen LogP contribution in [-0.2, 0) is 4.57 Å². The van der Waals surface area contributed by atoms with Crippen LogP contribution < -0.4 is 5.73 Å². The molecule has 0 aromatic heterocycles. The van der Waals surface area contributed by atoms with Crippen LogP contribution in [0.25, 0.3) is 0 Å². The molecule has 88 valence electrons. The lowest BCUT2D eigenvalue weighted by molar-refractivity contribution is 0.275. The molecule has 0 aromatic carbocycles. The molecule has 0 aliphatic heterocycles. The molecule has 5 nitrogen and oxygen atoms in total. The third-order valence-corrected chi connectivity index (χ3v) is 1.88. The van der Waals surface area contributed by atoms with Crippen molar-refractivity contribution in [2.75, 3.05) is 6.54 Å². The lowest BCUT2D eigenvalue weighted by Gasteiger charge is -2.09. The summed E-state index contributed by atoms with van der Waals surface area (Å²) in [6, 6.07) is 0. The lowest BCUT2D eigenvalue weighted by atomic mass is 10.00. The van der Waals surface area contributed by atoms with Gasteiger partial charge in [0.05, 0.1) is 0 Å². The first kappa shape index (κ1) is 16.5. The molecule has 0 fully saturated rings. The van der Waals surface area contributed by atoms with Crippen LogP contribution in [0.1, 0.15) is 39.5 Å². The number of hydrogen-bond acceptors (Lipinski definition) is 2. The van der Waals surface area contributed by atoms with Gasteiger partial charge in [-0.25, -0.2) is 4.57 Å². The molecule has 0 saturated heterocycles. The predicted octanol–water partition coefficient (Wildman–Crippen LogP) is 1.23. The molecule has 0 aliphatic rings. The van der Waals surface area contributed by atoms with Gasteiger partial charge in [-0.3, -0.25) is 0 Å². The van der Waals surface area contributed by atoms with Crippen molar-refractivity contribution in [1.82, 2.24) is 0 Å². The summed E-state index contributed by atoms with van der Waals surface area (Å²) in [6.07, 6.45) is 5.21. The zero-order chi connectivity index (χ0) is 11.6. The maximum absolute atomic E-state index is 8.88. The Hall–Kier alpha value is 0.0700. The highest BCUT2D eigenvalue weighted by Gasteiger charge is 2.00. The Morgan fingerprint density at radius 3 is 1.93 bits per heavy atom. The molecule has 0 spiro atoms. The maximum atomic E-state index is 8.88. The number of rotatable bonds is 5. The summed E-state index contributed by atoms with van der Waals surface area (Å²) in [5.74, 6) is 0.782. The van der Waals surface area contributed by atoms with E-state index in [4.69, 9.17) is 25.0 Å². The number of nitrogens with two attached hydrogens (primary N) is 1. The largest absolute Gasteiger partial charge is 0.466 e. The summed E-state index contributed by atoms with van der Waals surface area (Å²) in [6.45, 7) is 5.31. The Morgan fingerprint density at radius 1 is 1.29 bits per heavy atom. The average molecular weight is 227 g/mol. The van der Waals surface area contributed by atoms with E-state index < -0.39 is 7.82 Å². The van der Waals surface area contributed by atoms with Crippen LogP contribution in [-0.4, -0.2) is 21.2 Å². The highest BCUT2D eigenvalue weighted by Crippen LogP contribution is 2.25. The van der Waals surface area contributed by atoms with Crippen molar-refractivity contribution in [2.24, 2.45) is 11.7 Å². The topological polar surface area (TPSA) is 104 Å². The van der Waals surface area contributed by atoms with Crippen molar-refractivity contribution in [3.8, 4) is 0 Å². The molecule has 1 unspecified atom stereocenters. The minimum atomic E-state index is -4.64. The highest BCUT2D eigenvalue weighted by molar-refractivity contribution is 7.45. The van der Waals surface area contributed by atoms with Crippen molar-refractivity contribution in [3.63, 3.8) is 0 Å². The van der Waals surface area contributed by atoms with Gasteiger partial charge in [-0.15, -0.1) is 0 Å². The van der Waals surface area contributed by atoms with E-state index in [-0.39, 0.29) is 0 Å². The normalized spacial score (nSPS) is 13.0. The van der Waals surface area contributed by atoms with Gasteiger partial charge in [-0.05, 0) is 18.9 Å². The molecule has 1 atom stereocenters. The van der Waals surface area contributed by atoms with Crippen LogP contribution >= 0.6 is 7.82 Å². The molecule has 0 amide bonds. The third-order valence-electron chi connectivity index (χ3n) is 1.88. The minimum Gasteiger partial charge on any atom is -0.330 e. The molecule has 14 heavy (non-hydrogen) atoms. The second-order valence-electron chi connectivity index (χ2n) is 3.17. The second kappa shape index (κ2) is 9.62. The van der Waals surface area contributed by atoms with Gasteiger partial charge < -0.3 is 20.4 Å². The maximum Gasteiger partial charge on any atom is 0.466 e. The van der Waals surface area contributed by atoms with Crippen molar-refractivity contribution >= 4 is 7.82 Å². The molecule has 0 aliphatic carbocycles. The Kier molecular flexibility index (Phi) is 11.3. The standard InChI is InChI=1S/C8H19N.H3O4P/c1-3-5-6-8(4-2)7-9;1-5(2,3)4/h8H,3-7,9H2,1-2H3;(H3,1,2,3,4). The molecule has 5 N–H and O–H groups in total. The van der Waals surface area contributed by atoms with Gasteiger partial charge in [-0.2, -0.15) is 0 Å². The van der Waals surface area contributed by atoms with E-state index in [1.54, 1.807) is 0 Å². The van der Waals surface area contributed by atoms with Crippen molar-refractivity contribution in [1.29, 1.82) is 0 Å². The fourth-order valence-corrected chi connectivity index (χ4v) is 0.981. The Labute approximate surface area is 85.6 Å². The van der Waals surface area contributed by atoms with Crippen LogP contribution in [0.3, 0.4) is 0 Å². The van der Waals surface area contributed by atoms with Crippen molar-refractivity contribution < 1.29 is 19.2 Å². The van der Waals surface area contributed by atoms with E-state index >= 15 is 0 Å². The van der Waals surface area contributed by atoms with Gasteiger partial charge >= 0.3 is 7.82 Å². The third kappa shape index (κ3) is 22.7. The van der Waals surface area contributed by atoms with E-state index in [9.17, 15) is 0 Å². The summed E-state index contributed by atoms with van der Waals surface area (Å²) in [7, 11) is -4.64. The lowest BCUT2D eigenvalue weighted by Crippen LogP contribution is -2.12. The number of hydrogen-bond donors (Lipinski definition) is 4. The van der Waals surface area contributed by atoms with Crippen LogP contribution in [0.4, 0.5) is 0 Å². The number of unbranched alkanes of at least 4 members (excludes halogenated alkanes) is 1. The summed E-state index contributed by atoms with van der Waals surface area (Å²) in [4.78, 5) is 21.6. The molecule has 0 heterocycles. The molecule has 0 bridgehead atoms. The monoisotopic (exact) mass is 227 g/mol. The Morgan fingerprint density at radius 2 is 1.71 bits per heavy atom. The fraction of sp³-hybridized carbons (Fsp3) is 1.00. The van der Waals surface area contributed by atoms with Gasteiger partial charge in [0.1, 0.15) is 0 Å². The zero-order valence-electron chi connectivity index (χ0n) is 8.89. The molecule has 0 rings (SSSR count). The molecular formula is C8H22NO4P. The summed E-state index contributed by atoms with van der Waals surface area (Å²) >= 11 is 0. The summed E-state index contributed by atoms with van der Waals surface area (Å²) in [5.41, 5.74) is 5.52. The van der Waals surface area contributed by atoms with Crippen molar-refractivity contribution in [3.05, 3.63) is 0 Å². The quantitative estimate of drug-likeness (QED) is 0.529. The summed E-state index contributed by atoms with van der Waals surface area (Å²) < 4.78 is 8.88. The minimum absolute atomic E-state index is 0.782. The SMILES string of the molecule is CCCCC(CC)CN.O=P(O)(O)O. The van der Waals surface area contributed by atoms with E-state index in [2.05, 4.69) is 13.8 Å². The molecular weight excluding hydrogens is 205 g/mol. The first-order valence-electron chi connectivity index (χ1n) is 4.83. The number of phosphoric acid groups is 1. The predicted molar refractivity (Wildman–Crippen MR) is 56.6 cm³/mol. The first-order valence-corrected chi connectivity index (χ1v) is 6.39. The molecule has 0 saturated carbocycles. The zero-order valence-corrected chi connectivity index (χ0v) is 9.78. The highest BCUT2D eigenvalue weighted by atomic mass is 31.2. The van der Waals surface area contributed by atoms with Gasteiger partial charge in [0.2, 0.25) is 0 Å². The van der Waals surface area contributed by atoms with E-state index in [0.717, 1.165) is 12.5 Å². The second-order valence-corrected chi connectivity index (χ2v) is 4.19. The van der Waals surface area contributed by atoms with Crippen molar-refractivity contribution in [2.45, 2.75) is 39.5 Å². The molecule has 6 heteroatoms. The molecule has 0 aromatic rings. The van der Waals surface area contributed by atoms with Crippen LogP contribution in [0.5, 0.6) is 0 Å². The first-order chi connectivity index (χ1) is 6.35. The van der Waals surface area contributed by atoms with E-state index in [1.807, 2.05) is 0 Å². The van der Waals surface area contributed by atoms with Gasteiger partial charge in [-0.1, -0.05) is 33.1 Å². The Bertz CT molecular complexity index is 147. The van der Waals surface area contributed by atoms with Crippen LogP contribution in [0.15, 0.2) is 0 Å².